The summed E-state index contributed by atoms with van der Waals surface area (Å²) in [7, 11) is 1.72. The molecule has 0 bridgehead atoms. The van der Waals surface area contributed by atoms with Crippen molar-refractivity contribution >= 4 is 17.4 Å². The first kappa shape index (κ1) is 15.0. The van der Waals surface area contributed by atoms with Crippen molar-refractivity contribution in [3.8, 4) is 0 Å². The Hall–Kier alpha value is -2.90. The Bertz CT molecular complexity index is 847. The van der Waals surface area contributed by atoms with Crippen LogP contribution in [0.25, 0.3) is 5.65 Å². The lowest BCUT2D eigenvalue weighted by Crippen LogP contribution is -2.31. The molecule has 0 aromatic carbocycles. The van der Waals surface area contributed by atoms with E-state index in [1.807, 2.05) is 26.8 Å². The Morgan fingerprint density at radius 2 is 2.17 bits per heavy atom. The molecule has 0 radical (unpaired) electrons. The number of nitrogens with zero attached hydrogens (tertiary/aromatic N) is 5. The molecule has 3 rings (SSSR count). The van der Waals surface area contributed by atoms with Crippen LogP contribution < -0.4 is 5.32 Å². The minimum atomic E-state index is -0.237. The maximum absolute atomic E-state index is 12.4. The van der Waals surface area contributed by atoms with Gasteiger partial charge in [-0.2, -0.15) is 5.10 Å². The molecule has 0 atom stereocenters. The van der Waals surface area contributed by atoms with E-state index in [1.54, 1.807) is 28.7 Å². The standard InChI is InChI=1S/C15H18N6O2/c1-9-12(10(2)23-19-9)8-20(4)15(22)17-13-6-5-7-21-14(13)16-11(3)18-21/h5-7H,8H2,1-4H3,(H,17,22). The highest BCUT2D eigenvalue weighted by Crippen LogP contribution is 2.17. The largest absolute Gasteiger partial charge is 0.361 e. The number of aryl methyl sites for hydroxylation is 3. The number of pyridine rings is 1. The number of rotatable bonds is 3. The van der Waals surface area contributed by atoms with Crippen molar-refractivity contribution in [2.24, 2.45) is 0 Å². The number of carbonyl (C=O) groups excluding carboxylic acids is 1. The number of hydrogen-bond donors (Lipinski definition) is 1. The van der Waals surface area contributed by atoms with Gasteiger partial charge in [-0.1, -0.05) is 5.16 Å². The molecular formula is C15H18N6O2. The molecule has 120 valence electrons. The quantitative estimate of drug-likeness (QED) is 0.801. The van der Waals surface area contributed by atoms with Crippen LogP contribution in [0, 0.1) is 20.8 Å². The lowest BCUT2D eigenvalue weighted by atomic mass is 10.2. The number of amides is 2. The Morgan fingerprint density at radius 3 is 2.87 bits per heavy atom. The predicted octanol–water partition coefficient (Wildman–Crippen LogP) is 2.31. The second-order valence-electron chi connectivity index (χ2n) is 5.44. The highest BCUT2D eigenvalue weighted by Gasteiger charge is 2.16. The normalized spacial score (nSPS) is 11.0. The predicted molar refractivity (Wildman–Crippen MR) is 84.2 cm³/mol. The first-order valence-electron chi connectivity index (χ1n) is 7.21. The Morgan fingerprint density at radius 1 is 1.39 bits per heavy atom. The average Bonchev–Trinajstić information content (AvgIpc) is 3.04. The molecule has 3 heterocycles. The van der Waals surface area contributed by atoms with Gasteiger partial charge in [0, 0.05) is 18.8 Å². The number of urea groups is 1. The van der Waals surface area contributed by atoms with Crippen molar-refractivity contribution in [2.75, 3.05) is 12.4 Å². The zero-order valence-corrected chi connectivity index (χ0v) is 13.5. The molecule has 0 saturated heterocycles. The first-order chi connectivity index (χ1) is 11.0. The minimum Gasteiger partial charge on any atom is -0.361 e. The zero-order valence-electron chi connectivity index (χ0n) is 13.5. The van der Waals surface area contributed by atoms with E-state index in [1.165, 1.54) is 0 Å². The topological polar surface area (TPSA) is 88.6 Å². The van der Waals surface area contributed by atoms with E-state index in [-0.39, 0.29) is 6.03 Å². The van der Waals surface area contributed by atoms with Gasteiger partial charge in [0.1, 0.15) is 11.6 Å². The lowest BCUT2D eigenvalue weighted by Gasteiger charge is -2.18. The summed E-state index contributed by atoms with van der Waals surface area (Å²) < 4.78 is 6.76. The van der Waals surface area contributed by atoms with E-state index >= 15 is 0 Å². The van der Waals surface area contributed by atoms with E-state index in [4.69, 9.17) is 4.52 Å². The van der Waals surface area contributed by atoms with Crippen LogP contribution in [0.4, 0.5) is 10.5 Å². The molecule has 3 aromatic heterocycles. The lowest BCUT2D eigenvalue weighted by molar-refractivity contribution is 0.220. The van der Waals surface area contributed by atoms with Crippen LogP contribution in [0.3, 0.4) is 0 Å². The maximum Gasteiger partial charge on any atom is 0.321 e. The summed E-state index contributed by atoms with van der Waals surface area (Å²) in [5.74, 6) is 1.37. The fraction of sp³-hybridized carbons (Fsp3) is 0.333. The van der Waals surface area contributed by atoms with E-state index in [2.05, 4.69) is 20.6 Å². The van der Waals surface area contributed by atoms with E-state index in [0.717, 1.165) is 17.0 Å². The van der Waals surface area contributed by atoms with Crippen LogP contribution in [0.2, 0.25) is 0 Å². The number of hydrogen-bond acceptors (Lipinski definition) is 5. The third-order valence-corrected chi connectivity index (χ3v) is 3.63. The van der Waals surface area contributed by atoms with Gasteiger partial charge in [0.05, 0.1) is 17.9 Å². The molecule has 0 aliphatic heterocycles. The number of aromatic nitrogens is 4. The Labute approximate surface area is 133 Å². The highest BCUT2D eigenvalue weighted by molar-refractivity contribution is 5.92. The van der Waals surface area contributed by atoms with Crippen LogP contribution in [0.1, 0.15) is 22.8 Å². The van der Waals surface area contributed by atoms with E-state index < -0.39 is 0 Å². The van der Waals surface area contributed by atoms with Gasteiger partial charge in [0.15, 0.2) is 5.65 Å². The molecule has 0 fully saturated rings. The van der Waals surface area contributed by atoms with Gasteiger partial charge in [0.25, 0.3) is 0 Å². The fourth-order valence-corrected chi connectivity index (χ4v) is 2.36. The molecule has 23 heavy (non-hydrogen) atoms. The monoisotopic (exact) mass is 314 g/mol. The van der Waals surface area contributed by atoms with E-state index in [9.17, 15) is 4.79 Å². The molecular weight excluding hydrogens is 296 g/mol. The summed E-state index contributed by atoms with van der Waals surface area (Å²) in [6.07, 6.45) is 1.79. The summed E-state index contributed by atoms with van der Waals surface area (Å²) in [5, 5.41) is 11.0. The summed E-state index contributed by atoms with van der Waals surface area (Å²) in [6, 6.07) is 3.37. The Balaban J connectivity index is 1.78. The third-order valence-electron chi connectivity index (χ3n) is 3.63. The number of anilines is 1. The van der Waals surface area contributed by atoms with Crippen molar-refractivity contribution in [3.05, 3.63) is 41.2 Å². The third kappa shape index (κ3) is 2.87. The van der Waals surface area contributed by atoms with Crippen molar-refractivity contribution in [1.29, 1.82) is 0 Å². The van der Waals surface area contributed by atoms with Crippen molar-refractivity contribution in [1.82, 2.24) is 24.7 Å². The number of fused-ring (bicyclic) bond motifs is 1. The zero-order chi connectivity index (χ0) is 16.6. The van der Waals surface area contributed by atoms with Gasteiger partial charge in [-0.15, -0.1) is 0 Å². The molecule has 0 saturated carbocycles. The summed E-state index contributed by atoms with van der Waals surface area (Å²) in [6.45, 7) is 5.92. The van der Waals surface area contributed by atoms with Crippen LogP contribution in [-0.2, 0) is 6.54 Å². The first-order valence-corrected chi connectivity index (χ1v) is 7.21. The number of carbonyl (C=O) groups is 1. The molecule has 3 aromatic rings. The maximum atomic E-state index is 12.4. The molecule has 0 aliphatic rings. The van der Waals surface area contributed by atoms with Gasteiger partial charge in [-0.05, 0) is 32.9 Å². The molecule has 8 heteroatoms. The molecule has 0 spiro atoms. The van der Waals surface area contributed by atoms with Crippen LogP contribution >= 0.6 is 0 Å². The van der Waals surface area contributed by atoms with Crippen LogP contribution in [0.5, 0.6) is 0 Å². The van der Waals surface area contributed by atoms with Gasteiger partial charge < -0.3 is 14.7 Å². The SMILES string of the molecule is Cc1nc2c(NC(=O)N(C)Cc3c(C)noc3C)cccn2n1. The molecule has 8 nitrogen and oxygen atoms in total. The molecule has 0 aliphatic carbocycles. The summed E-state index contributed by atoms with van der Waals surface area (Å²) in [5.41, 5.74) is 2.93. The van der Waals surface area contributed by atoms with Crippen LogP contribution in [0.15, 0.2) is 22.9 Å². The average molecular weight is 314 g/mol. The van der Waals surface area contributed by atoms with Gasteiger partial charge >= 0.3 is 6.03 Å². The van der Waals surface area contributed by atoms with Crippen molar-refractivity contribution in [3.63, 3.8) is 0 Å². The van der Waals surface area contributed by atoms with Gasteiger partial charge in [-0.25, -0.2) is 14.3 Å². The minimum absolute atomic E-state index is 0.237. The number of nitrogens with one attached hydrogen (secondary N) is 1. The van der Waals surface area contributed by atoms with Gasteiger partial charge in [-0.3, -0.25) is 0 Å². The van der Waals surface area contributed by atoms with Crippen molar-refractivity contribution in [2.45, 2.75) is 27.3 Å². The molecule has 2 amide bonds. The second-order valence-corrected chi connectivity index (χ2v) is 5.44. The van der Waals surface area contributed by atoms with Crippen molar-refractivity contribution < 1.29 is 9.32 Å². The highest BCUT2D eigenvalue weighted by atomic mass is 16.5. The second kappa shape index (κ2) is 5.71. The molecule has 1 N–H and O–H groups in total. The Kier molecular flexibility index (Phi) is 3.73. The summed E-state index contributed by atoms with van der Waals surface area (Å²) in [4.78, 5) is 18.3. The van der Waals surface area contributed by atoms with E-state index in [0.29, 0.717) is 23.7 Å². The van der Waals surface area contributed by atoms with Gasteiger partial charge in [0.2, 0.25) is 0 Å². The fourth-order valence-electron chi connectivity index (χ4n) is 2.36. The summed E-state index contributed by atoms with van der Waals surface area (Å²) >= 11 is 0. The smallest absolute Gasteiger partial charge is 0.321 e. The van der Waals surface area contributed by atoms with Crippen LogP contribution in [-0.4, -0.2) is 37.7 Å². The molecule has 0 unspecified atom stereocenters.